The monoisotopic (exact) mass is 383 g/mol. The number of hydrogen-bond acceptors (Lipinski definition) is 4. The van der Waals surface area contributed by atoms with Crippen LogP contribution in [0.2, 0.25) is 4.34 Å². The number of carboxylic acids is 1. The summed E-state index contributed by atoms with van der Waals surface area (Å²) in [6, 6.07) is 10.5. The molecule has 2 atom stereocenters. The quantitative estimate of drug-likeness (QED) is 0.688. The molecule has 2 N–H and O–H groups in total. The summed E-state index contributed by atoms with van der Waals surface area (Å²) in [5, 5.41) is 12.0. The fourth-order valence-corrected chi connectivity index (χ4v) is 3.77. The van der Waals surface area contributed by atoms with Gasteiger partial charge in [0.05, 0.1) is 22.7 Å². The van der Waals surface area contributed by atoms with Crippen LogP contribution in [0.1, 0.15) is 35.7 Å². The maximum absolute atomic E-state index is 12.5. The molecular formula is C17H18ClNO3S2. The lowest BCUT2D eigenvalue weighted by atomic mass is 10.0. The lowest BCUT2D eigenvalue weighted by molar-refractivity contribution is -0.137. The summed E-state index contributed by atoms with van der Waals surface area (Å²) >= 11 is 8.87. The van der Waals surface area contributed by atoms with Gasteiger partial charge in [-0.25, -0.2) is 0 Å². The van der Waals surface area contributed by atoms with E-state index in [1.54, 1.807) is 24.8 Å². The molecule has 1 amide bonds. The van der Waals surface area contributed by atoms with Crippen LogP contribution in [0.5, 0.6) is 0 Å². The second-order valence-corrected chi connectivity index (χ2v) is 7.92. The van der Waals surface area contributed by atoms with Gasteiger partial charge in [0, 0.05) is 9.77 Å². The van der Waals surface area contributed by atoms with Crippen molar-refractivity contribution >= 4 is 46.6 Å². The van der Waals surface area contributed by atoms with Gasteiger partial charge < -0.3 is 10.4 Å². The van der Waals surface area contributed by atoms with E-state index < -0.39 is 12.0 Å². The standard InChI is InChI=1S/C17H18ClNO3S2/c1-10(14-7-8-15(18)24-14)17(22)19-13(9-16(20)21)11-3-5-12(23-2)6-4-11/h3-8,10,13H,9H2,1-2H3,(H,19,22)(H,20,21). The first-order valence-electron chi connectivity index (χ1n) is 7.32. The largest absolute Gasteiger partial charge is 0.481 e. The lowest BCUT2D eigenvalue weighted by Gasteiger charge is -2.20. The molecule has 1 aromatic heterocycles. The number of rotatable bonds is 7. The highest BCUT2D eigenvalue weighted by Gasteiger charge is 2.23. The van der Waals surface area contributed by atoms with Crippen molar-refractivity contribution in [3.05, 3.63) is 51.2 Å². The molecule has 24 heavy (non-hydrogen) atoms. The average molecular weight is 384 g/mol. The van der Waals surface area contributed by atoms with Crippen LogP contribution in [0.3, 0.4) is 0 Å². The van der Waals surface area contributed by atoms with Gasteiger partial charge in [-0.05, 0) is 43.0 Å². The van der Waals surface area contributed by atoms with E-state index in [0.717, 1.165) is 15.3 Å². The van der Waals surface area contributed by atoms with E-state index in [0.29, 0.717) is 4.34 Å². The Balaban J connectivity index is 2.15. The first-order valence-corrected chi connectivity index (χ1v) is 9.74. The topological polar surface area (TPSA) is 66.4 Å². The number of carboxylic acid groups (broad SMARTS) is 1. The van der Waals surface area contributed by atoms with Crippen LogP contribution in [0.25, 0.3) is 0 Å². The predicted molar refractivity (Wildman–Crippen MR) is 99.1 cm³/mol. The second-order valence-electron chi connectivity index (χ2n) is 5.30. The molecule has 0 radical (unpaired) electrons. The molecule has 2 aromatic rings. The Kier molecular flexibility index (Phi) is 6.71. The van der Waals surface area contributed by atoms with Crippen LogP contribution < -0.4 is 5.32 Å². The molecule has 7 heteroatoms. The smallest absolute Gasteiger partial charge is 0.305 e. The number of halogens is 1. The predicted octanol–water partition coefficient (Wildman–Crippen LogP) is 4.56. The van der Waals surface area contributed by atoms with Crippen LogP contribution in [0, 0.1) is 0 Å². The van der Waals surface area contributed by atoms with Crippen molar-refractivity contribution in [1.29, 1.82) is 0 Å². The van der Waals surface area contributed by atoms with Crippen LogP contribution >= 0.6 is 34.7 Å². The molecule has 0 saturated carbocycles. The minimum atomic E-state index is -0.957. The summed E-state index contributed by atoms with van der Waals surface area (Å²) in [6.07, 6.45) is 1.81. The number of carbonyl (C=O) groups is 2. The number of carbonyl (C=O) groups excluding carboxylic acids is 1. The van der Waals surface area contributed by atoms with Gasteiger partial charge in [-0.3, -0.25) is 9.59 Å². The number of benzene rings is 1. The van der Waals surface area contributed by atoms with E-state index in [1.165, 1.54) is 11.3 Å². The van der Waals surface area contributed by atoms with Gasteiger partial charge in [0.15, 0.2) is 0 Å². The van der Waals surface area contributed by atoms with Gasteiger partial charge in [-0.15, -0.1) is 23.1 Å². The van der Waals surface area contributed by atoms with Gasteiger partial charge in [0.2, 0.25) is 5.91 Å². The molecule has 0 bridgehead atoms. The zero-order valence-electron chi connectivity index (χ0n) is 13.3. The number of nitrogens with one attached hydrogen (secondary N) is 1. The summed E-state index contributed by atoms with van der Waals surface area (Å²) in [5.41, 5.74) is 0.778. The SMILES string of the molecule is CSc1ccc(C(CC(=O)O)NC(=O)C(C)c2ccc(Cl)s2)cc1. The molecule has 2 unspecified atom stereocenters. The molecule has 0 aliphatic rings. The number of thiophene rings is 1. The van der Waals surface area contributed by atoms with Crippen molar-refractivity contribution in [1.82, 2.24) is 5.32 Å². The normalized spacial score (nSPS) is 13.3. The Bertz CT molecular complexity index is 715. The summed E-state index contributed by atoms with van der Waals surface area (Å²) < 4.78 is 0.624. The molecule has 4 nitrogen and oxygen atoms in total. The third kappa shape index (κ3) is 5.00. The Morgan fingerprint density at radius 3 is 2.42 bits per heavy atom. The second kappa shape index (κ2) is 8.55. The van der Waals surface area contributed by atoms with Gasteiger partial charge >= 0.3 is 5.97 Å². The van der Waals surface area contributed by atoms with E-state index >= 15 is 0 Å². The highest BCUT2D eigenvalue weighted by atomic mass is 35.5. The maximum atomic E-state index is 12.5. The van der Waals surface area contributed by atoms with Crippen LogP contribution in [-0.4, -0.2) is 23.2 Å². The molecule has 2 rings (SSSR count). The van der Waals surface area contributed by atoms with Crippen molar-refractivity contribution in [2.45, 2.75) is 30.2 Å². The zero-order chi connectivity index (χ0) is 17.7. The Labute approximate surface area is 154 Å². The fraction of sp³-hybridized carbons (Fsp3) is 0.294. The van der Waals surface area contributed by atoms with Crippen LogP contribution in [0.4, 0.5) is 0 Å². The Hall–Kier alpha value is -1.50. The lowest BCUT2D eigenvalue weighted by Crippen LogP contribution is -2.33. The molecule has 0 spiro atoms. The average Bonchev–Trinajstić information content (AvgIpc) is 2.99. The number of amides is 1. The van der Waals surface area contributed by atoms with Gasteiger partial charge in [0.25, 0.3) is 0 Å². The number of aliphatic carboxylic acids is 1. The van der Waals surface area contributed by atoms with Gasteiger partial charge in [-0.2, -0.15) is 0 Å². The molecule has 0 aliphatic heterocycles. The molecule has 128 valence electrons. The first kappa shape index (κ1) is 18.8. The fourth-order valence-electron chi connectivity index (χ4n) is 2.25. The molecule has 0 fully saturated rings. The highest BCUT2D eigenvalue weighted by molar-refractivity contribution is 7.98. The molecule has 0 saturated heterocycles. The number of thioether (sulfide) groups is 1. The van der Waals surface area contributed by atoms with Crippen LogP contribution in [-0.2, 0) is 9.59 Å². The third-order valence-corrected chi connectivity index (χ3v) is 5.78. The summed E-state index contributed by atoms with van der Waals surface area (Å²) in [7, 11) is 0. The Morgan fingerprint density at radius 1 is 1.25 bits per heavy atom. The summed E-state index contributed by atoms with van der Waals surface area (Å²) in [6.45, 7) is 1.78. The molecule has 1 aromatic carbocycles. The van der Waals surface area contributed by atoms with E-state index in [-0.39, 0.29) is 18.2 Å². The summed E-state index contributed by atoms with van der Waals surface area (Å²) in [5.74, 6) is -1.56. The van der Waals surface area contributed by atoms with E-state index in [9.17, 15) is 9.59 Å². The van der Waals surface area contributed by atoms with Crippen molar-refractivity contribution in [2.75, 3.05) is 6.26 Å². The molecular weight excluding hydrogens is 366 g/mol. The van der Waals surface area contributed by atoms with Gasteiger partial charge in [0.1, 0.15) is 0 Å². The van der Waals surface area contributed by atoms with Crippen molar-refractivity contribution in [3.8, 4) is 0 Å². The highest BCUT2D eigenvalue weighted by Crippen LogP contribution is 2.29. The van der Waals surface area contributed by atoms with Crippen LogP contribution in [0.15, 0.2) is 41.3 Å². The van der Waals surface area contributed by atoms with E-state index in [4.69, 9.17) is 16.7 Å². The third-order valence-electron chi connectivity index (χ3n) is 3.63. The maximum Gasteiger partial charge on any atom is 0.305 e. The van der Waals surface area contributed by atoms with Crippen molar-refractivity contribution in [3.63, 3.8) is 0 Å². The Morgan fingerprint density at radius 2 is 1.92 bits per heavy atom. The van der Waals surface area contributed by atoms with Gasteiger partial charge in [-0.1, -0.05) is 23.7 Å². The molecule has 1 heterocycles. The van der Waals surface area contributed by atoms with Crippen molar-refractivity contribution < 1.29 is 14.7 Å². The van der Waals surface area contributed by atoms with E-state index in [2.05, 4.69) is 5.32 Å². The minimum Gasteiger partial charge on any atom is -0.481 e. The van der Waals surface area contributed by atoms with Crippen molar-refractivity contribution in [2.24, 2.45) is 0 Å². The number of hydrogen-bond donors (Lipinski definition) is 2. The zero-order valence-corrected chi connectivity index (χ0v) is 15.7. The van der Waals surface area contributed by atoms with E-state index in [1.807, 2.05) is 36.6 Å². The minimum absolute atomic E-state index is 0.164. The summed E-state index contributed by atoms with van der Waals surface area (Å²) in [4.78, 5) is 25.6. The first-order chi connectivity index (χ1) is 11.4. The molecule has 0 aliphatic carbocycles.